The molecule has 0 aliphatic heterocycles. The minimum Gasteiger partial charge on any atom is -0.378 e. The molecule has 0 bridgehead atoms. The topological polar surface area (TPSA) is 12.5 Å². The Kier molecular flexibility index (Phi) is 4.47. The second-order valence-corrected chi connectivity index (χ2v) is 3.61. The van der Waals surface area contributed by atoms with Crippen LogP contribution in [-0.2, 0) is 11.3 Å². The van der Waals surface area contributed by atoms with E-state index in [9.17, 15) is 0 Å². The van der Waals surface area contributed by atoms with Gasteiger partial charge in [-0.25, -0.2) is 0 Å². The van der Waals surface area contributed by atoms with E-state index in [1.165, 1.54) is 11.3 Å². The highest BCUT2D eigenvalue weighted by Gasteiger charge is 1.95. The number of hydrogen-bond acceptors (Lipinski definition) is 2. The van der Waals surface area contributed by atoms with E-state index in [1.807, 2.05) is 14.1 Å². The molecule has 0 aromatic heterocycles. The van der Waals surface area contributed by atoms with Crippen molar-refractivity contribution in [3.63, 3.8) is 0 Å². The normalized spacial score (nSPS) is 10.2. The van der Waals surface area contributed by atoms with Crippen molar-refractivity contribution in [2.24, 2.45) is 0 Å². The molecule has 0 saturated carbocycles. The van der Waals surface area contributed by atoms with E-state index in [-0.39, 0.29) is 0 Å². The van der Waals surface area contributed by atoms with E-state index >= 15 is 0 Å². The van der Waals surface area contributed by atoms with Gasteiger partial charge in [0.25, 0.3) is 0 Å². The average Bonchev–Trinajstić information content (AvgIpc) is 2.19. The smallest absolute Gasteiger partial charge is 0.0716 e. The molecule has 0 N–H and O–H groups in total. The van der Waals surface area contributed by atoms with Gasteiger partial charge in [0.2, 0.25) is 0 Å². The Labute approximate surface area is 86.5 Å². The van der Waals surface area contributed by atoms with E-state index < -0.39 is 0 Å². The Morgan fingerprint density at radius 2 is 1.79 bits per heavy atom. The molecule has 0 aliphatic rings. The van der Waals surface area contributed by atoms with Crippen LogP contribution in [0.2, 0.25) is 0 Å². The number of nitrogens with zero attached hydrogens (tertiary/aromatic N) is 1. The van der Waals surface area contributed by atoms with Gasteiger partial charge in [0, 0.05) is 26.4 Å². The predicted octanol–water partition coefficient (Wildman–Crippen LogP) is 2.68. The van der Waals surface area contributed by atoms with Gasteiger partial charge in [-0.05, 0) is 24.1 Å². The Hall–Kier alpha value is -1.02. The largest absolute Gasteiger partial charge is 0.378 e. The van der Waals surface area contributed by atoms with Crippen molar-refractivity contribution in [1.82, 2.24) is 0 Å². The van der Waals surface area contributed by atoms with E-state index in [4.69, 9.17) is 4.74 Å². The van der Waals surface area contributed by atoms with Crippen LogP contribution in [0.4, 0.5) is 5.69 Å². The van der Waals surface area contributed by atoms with Crippen LogP contribution in [0, 0.1) is 0 Å². The molecule has 2 heteroatoms. The molecule has 0 radical (unpaired) electrons. The van der Waals surface area contributed by atoms with Crippen LogP contribution >= 0.6 is 0 Å². The van der Waals surface area contributed by atoms with E-state index in [1.54, 1.807) is 0 Å². The lowest BCUT2D eigenvalue weighted by Crippen LogP contribution is -2.08. The predicted molar refractivity (Wildman–Crippen MR) is 60.7 cm³/mol. The Morgan fingerprint density at radius 1 is 1.14 bits per heavy atom. The molecule has 0 heterocycles. The summed E-state index contributed by atoms with van der Waals surface area (Å²) >= 11 is 0. The molecular formula is C12H19NO. The molecule has 0 amide bonds. The Balaban J connectivity index is 2.47. The minimum absolute atomic E-state index is 0.724. The molecule has 1 aromatic rings. The molecule has 0 aliphatic carbocycles. The first-order valence-corrected chi connectivity index (χ1v) is 5.08. The second-order valence-electron chi connectivity index (χ2n) is 3.61. The quantitative estimate of drug-likeness (QED) is 0.667. The third-order valence-electron chi connectivity index (χ3n) is 2.07. The van der Waals surface area contributed by atoms with Crippen LogP contribution in [-0.4, -0.2) is 20.7 Å². The van der Waals surface area contributed by atoms with Gasteiger partial charge in [-0.2, -0.15) is 0 Å². The lowest BCUT2D eigenvalue weighted by atomic mass is 10.2. The molecule has 78 valence electrons. The van der Waals surface area contributed by atoms with Crippen molar-refractivity contribution >= 4 is 5.69 Å². The van der Waals surface area contributed by atoms with Crippen LogP contribution in [0.15, 0.2) is 24.3 Å². The highest BCUT2D eigenvalue weighted by Crippen LogP contribution is 2.12. The fourth-order valence-corrected chi connectivity index (χ4v) is 1.22. The number of anilines is 1. The molecule has 0 unspecified atom stereocenters. The first-order chi connectivity index (χ1) is 6.74. The average molecular weight is 193 g/mol. The number of rotatable bonds is 5. The fourth-order valence-electron chi connectivity index (χ4n) is 1.22. The minimum atomic E-state index is 0.724. The summed E-state index contributed by atoms with van der Waals surface area (Å²) in [5.41, 5.74) is 2.47. The zero-order valence-electron chi connectivity index (χ0n) is 9.29. The van der Waals surface area contributed by atoms with Crippen molar-refractivity contribution in [3.05, 3.63) is 29.8 Å². The number of hydrogen-bond donors (Lipinski definition) is 0. The third-order valence-corrected chi connectivity index (χ3v) is 2.07. The molecular weight excluding hydrogens is 174 g/mol. The van der Waals surface area contributed by atoms with Gasteiger partial charge in [-0.1, -0.05) is 19.1 Å². The van der Waals surface area contributed by atoms with Crippen molar-refractivity contribution in [3.8, 4) is 0 Å². The third kappa shape index (κ3) is 3.38. The van der Waals surface area contributed by atoms with Gasteiger partial charge >= 0.3 is 0 Å². The lowest BCUT2D eigenvalue weighted by molar-refractivity contribution is 0.121. The molecule has 1 aromatic carbocycles. The summed E-state index contributed by atoms with van der Waals surface area (Å²) in [7, 11) is 4.09. The fraction of sp³-hybridized carbons (Fsp3) is 0.500. The van der Waals surface area contributed by atoms with Crippen LogP contribution in [0.1, 0.15) is 18.9 Å². The first-order valence-electron chi connectivity index (χ1n) is 5.08. The summed E-state index contributed by atoms with van der Waals surface area (Å²) in [6.45, 7) is 3.69. The van der Waals surface area contributed by atoms with Crippen LogP contribution < -0.4 is 4.90 Å². The van der Waals surface area contributed by atoms with E-state index in [0.29, 0.717) is 0 Å². The molecule has 14 heavy (non-hydrogen) atoms. The number of benzene rings is 1. The van der Waals surface area contributed by atoms with Gasteiger partial charge in [0.15, 0.2) is 0 Å². The maximum atomic E-state index is 5.46. The monoisotopic (exact) mass is 193 g/mol. The van der Waals surface area contributed by atoms with Crippen LogP contribution in [0.5, 0.6) is 0 Å². The zero-order chi connectivity index (χ0) is 10.4. The molecule has 1 rings (SSSR count). The van der Waals surface area contributed by atoms with Gasteiger partial charge in [-0.15, -0.1) is 0 Å². The molecule has 0 fully saturated rings. The summed E-state index contributed by atoms with van der Waals surface area (Å²) in [6.07, 6.45) is 1.08. The summed E-state index contributed by atoms with van der Waals surface area (Å²) in [5.74, 6) is 0. The van der Waals surface area contributed by atoms with Gasteiger partial charge in [0.05, 0.1) is 6.61 Å². The van der Waals surface area contributed by atoms with Crippen LogP contribution in [0.3, 0.4) is 0 Å². The summed E-state index contributed by atoms with van der Waals surface area (Å²) in [4.78, 5) is 2.09. The lowest BCUT2D eigenvalue weighted by Gasteiger charge is -2.12. The highest BCUT2D eigenvalue weighted by atomic mass is 16.5. The van der Waals surface area contributed by atoms with Crippen molar-refractivity contribution in [2.45, 2.75) is 20.0 Å². The summed E-state index contributed by atoms with van der Waals surface area (Å²) < 4.78 is 5.46. The maximum Gasteiger partial charge on any atom is 0.0716 e. The summed E-state index contributed by atoms with van der Waals surface area (Å²) in [6, 6.07) is 8.46. The van der Waals surface area contributed by atoms with Crippen molar-refractivity contribution < 1.29 is 4.74 Å². The maximum absolute atomic E-state index is 5.46. The highest BCUT2D eigenvalue weighted by molar-refractivity contribution is 5.45. The first kappa shape index (κ1) is 11.1. The van der Waals surface area contributed by atoms with E-state index in [0.717, 1.165) is 19.6 Å². The van der Waals surface area contributed by atoms with Crippen LogP contribution in [0.25, 0.3) is 0 Å². The van der Waals surface area contributed by atoms with Crippen molar-refractivity contribution in [2.75, 3.05) is 25.6 Å². The molecule has 0 atom stereocenters. The Bertz CT molecular complexity index is 254. The summed E-state index contributed by atoms with van der Waals surface area (Å²) in [5, 5.41) is 0. The van der Waals surface area contributed by atoms with Gasteiger partial charge in [-0.3, -0.25) is 0 Å². The molecule has 0 saturated heterocycles. The van der Waals surface area contributed by atoms with Crippen molar-refractivity contribution in [1.29, 1.82) is 0 Å². The number of ether oxygens (including phenoxy) is 1. The van der Waals surface area contributed by atoms with Gasteiger partial charge in [0.1, 0.15) is 0 Å². The zero-order valence-corrected chi connectivity index (χ0v) is 9.29. The standard InChI is InChI=1S/C12H19NO/c1-4-9-14-10-11-5-7-12(8-6-11)13(2)3/h5-8H,4,9-10H2,1-3H3. The van der Waals surface area contributed by atoms with Gasteiger partial charge < -0.3 is 9.64 Å². The molecule has 2 nitrogen and oxygen atoms in total. The SMILES string of the molecule is CCCOCc1ccc(N(C)C)cc1. The van der Waals surface area contributed by atoms with E-state index in [2.05, 4.69) is 36.1 Å². The molecule has 0 spiro atoms. The second kappa shape index (κ2) is 5.66. The Morgan fingerprint density at radius 3 is 2.29 bits per heavy atom.